The number of hydrogen-bond acceptors (Lipinski definition) is 2. The fourth-order valence-corrected chi connectivity index (χ4v) is 1.66. The Hall–Kier alpha value is -1.98. The second kappa shape index (κ2) is 5.38. The summed E-state index contributed by atoms with van der Waals surface area (Å²) in [5.41, 5.74) is 9.61. The van der Waals surface area contributed by atoms with Crippen LogP contribution in [-0.4, -0.2) is 11.8 Å². The maximum atomic E-state index is 13.5. The highest BCUT2D eigenvalue weighted by atomic mass is 19.1. The Morgan fingerprint density at radius 1 is 1.06 bits per heavy atom. The van der Waals surface area contributed by atoms with Gasteiger partial charge in [0, 0.05) is 24.3 Å². The molecule has 0 spiro atoms. The summed E-state index contributed by atoms with van der Waals surface area (Å²) in [5, 5.41) is 0. The molecule has 0 heterocycles. The number of carbonyl (C=O) groups excluding carboxylic acids is 2. The second-order valence-electron chi connectivity index (χ2n) is 3.67. The van der Waals surface area contributed by atoms with Crippen LogP contribution in [0.25, 0.3) is 0 Å². The molecule has 0 saturated carbocycles. The Morgan fingerprint density at radius 3 is 1.82 bits per heavy atom. The van der Waals surface area contributed by atoms with Gasteiger partial charge in [-0.25, -0.2) is 8.78 Å². The van der Waals surface area contributed by atoms with Crippen molar-refractivity contribution < 1.29 is 18.4 Å². The molecule has 0 unspecified atom stereocenters. The zero-order valence-electron chi connectivity index (χ0n) is 8.95. The van der Waals surface area contributed by atoms with Crippen LogP contribution in [-0.2, 0) is 9.59 Å². The van der Waals surface area contributed by atoms with Gasteiger partial charge in [-0.3, -0.25) is 9.59 Å². The third-order valence-corrected chi connectivity index (χ3v) is 2.30. The summed E-state index contributed by atoms with van der Waals surface area (Å²) in [6.45, 7) is 0. The summed E-state index contributed by atoms with van der Waals surface area (Å²) in [7, 11) is 0. The first-order valence-electron chi connectivity index (χ1n) is 4.92. The molecule has 1 rings (SSSR count). The normalized spacial score (nSPS) is 10.5. The zero-order valence-corrected chi connectivity index (χ0v) is 8.95. The smallest absolute Gasteiger partial charge is 0.218 e. The van der Waals surface area contributed by atoms with Crippen LogP contribution in [0.15, 0.2) is 18.2 Å². The minimum Gasteiger partial charge on any atom is -0.370 e. The van der Waals surface area contributed by atoms with Crippen LogP contribution in [0.1, 0.15) is 24.3 Å². The van der Waals surface area contributed by atoms with Crippen LogP contribution in [0.2, 0.25) is 0 Å². The fraction of sp³-hybridized carbons (Fsp3) is 0.273. The minimum atomic E-state index is -0.966. The Bertz CT molecular complexity index is 413. The lowest BCUT2D eigenvalue weighted by Crippen LogP contribution is -2.22. The first kappa shape index (κ1) is 13.1. The summed E-state index contributed by atoms with van der Waals surface area (Å²) in [4.78, 5) is 21.6. The third-order valence-electron chi connectivity index (χ3n) is 2.30. The molecule has 0 aliphatic carbocycles. The van der Waals surface area contributed by atoms with Gasteiger partial charge >= 0.3 is 0 Å². The first-order chi connectivity index (χ1) is 7.91. The molecule has 0 aromatic heterocycles. The summed E-state index contributed by atoms with van der Waals surface area (Å²) in [5.74, 6) is -4.11. The highest BCUT2D eigenvalue weighted by molar-refractivity contribution is 5.78. The molecule has 0 fully saturated rings. The summed E-state index contributed by atoms with van der Waals surface area (Å²) < 4.78 is 26.9. The fourth-order valence-electron chi connectivity index (χ4n) is 1.66. The number of rotatable bonds is 5. The quantitative estimate of drug-likeness (QED) is 0.800. The SMILES string of the molecule is NC(=O)CC(CC(N)=O)c1c(F)cccc1F. The molecule has 0 aliphatic heterocycles. The van der Waals surface area contributed by atoms with Gasteiger partial charge in [-0.15, -0.1) is 0 Å². The molecule has 2 amide bonds. The Morgan fingerprint density at radius 2 is 1.47 bits per heavy atom. The standard InChI is InChI=1S/C11H12F2N2O2/c12-7-2-1-3-8(13)11(7)6(4-9(14)16)5-10(15)17/h1-3,6H,4-5H2,(H2,14,16)(H2,15,17). The van der Waals surface area contributed by atoms with Crippen LogP contribution >= 0.6 is 0 Å². The Labute approximate surface area is 96.6 Å². The zero-order chi connectivity index (χ0) is 13.0. The van der Waals surface area contributed by atoms with E-state index < -0.39 is 29.4 Å². The van der Waals surface area contributed by atoms with Crippen molar-refractivity contribution in [3.05, 3.63) is 35.4 Å². The highest BCUT2D eigenvalue weighted by Gasteiger charge is 2.23. The Balaban J connectivity index is 3.11. The summed E-state index contributed by atoms with van der Waals surface area (Å²) in [6.07, 6.45) is -0.665. The molecule has 0 aliphatic rings. The lowest BCUT2D eigenvalue weighted by Gasteiger charge is -2.15. The predicted molar refractivity (Wildman–Crippen MR) is 56.7 cm³/mol. The topological polar surface area (TPSA) is 86.2 Å². The van der Waals surface area contributed by atoms with Gasteiger partial charge in [-0.2, -0.15) is 0 Å². The number of amides is 2. The van der Waals surface area contributed by atoms with E-state index in [-0.39, 0.29) is 18.4 Å². The monoisotopic (exact) mass is 242 g/mol. The average Bonchev–Trinajstić information content (AvgIpc) is 2.14. The molecule has 1 aromatic rings. The van der Waals surface area contributed by atoms with Crippen molar-refractivity contribution in [2.24, 2.45) is 11.5 Å². The number of halogens is 2. The van der Waals surface area contributed by atoms with Crippen molar-refractivity contribution in [3.8, 4) is 0 Å². The van der Waals surface area contributed by atoms with Gasteiger partial charge in [0.05, 0.1) is 0 Å². The van der Waals surface area contributed by atoms with Crippen molar-refractivity contribution >= 4 is 11.8 Å². The Kier molecular flexibility index (Phi) is 4.14. The second-order valence-corrected chi connectivity index (χ2v) is 3.67. The molecule has 4 nitrogen and oxygen atoms in total. The van der Waals surface area contributed by atoms with E-state index >= 15 is 0 Å². The van der Waals surface area contributed by atoms with E-state index in [4.69, 9.17) is 11.5 Å². The first-order valence-corrected chi connectivity index (χ1v) is 4.92. The van der Waals surface area contributed by atoms with E-state index in [2.05, 4.69) is 0 Å². The molecular formula is C11H12F2N2O2. The van der Waals surface area contributed by atoms with Crippen molar-refractivity contribution in [3.63, 3.8) is 0 Å². The van der Waals surface area contributed by atoms with E-state index in [1.807, 2.05) is 0 Å². The van der Waals surface area contributed by atoms with Crippen LogP contribution in [0.4, 0.5) is 8.78 Å². The predicted octanol–water partition coefficient (Wildman–Crippen LogP) is 0.799. The largest absolute Gasteiger partial charge is 0.370 e. The third kappa shape index (κ3) is 3.51. The number of carbonyl (C=O) groups is 2. The maximum Gasteiger partial charge on any atom is 0.218 e. The minimum absolute atomic E-state index is 0.329. The molecular weight excluding hydrogens is 230 g/mol. The number of benzene rings is 1. The van der Waals surface area contributed by atoms with Gasteiger partial charge in [0.25, 0.3) is 0 Å². The molecule has 1 aromatic carbocycles. The van der Waals surface area contributed by atoms with Crippen LogP contribution < -0.4 is 11.5 Å². The molecule has 17 heavy (non-hydrogen) atoms. The van der Waals surface area contributed by atoms with E-state index in [9.17, 15) is 18.4 Å². The lowest BCUT2D eigenvalue weighted by molar-refractivity contribution is -0.119. The highest BCUT2D eigenvalue weighted by Crippen LogP contribution is 2.28. The lowest BCUT2D eigenvalue weighted by atomic mass is 9.91. The van der Waals surface area contributed by atoms with Gasteiger partial charge in [-0.1, -0.05) is 6.07 Å². The van der Waals surface area contributed by atoms with Crippen molar-refractivity contribution in [1.82, 2.24) is 0 Å². The van der Waals surface area contributed by atoms with Crippen LogP contribution in [0.5, 0.6) is 0 Å². The van der Waals surface area contributed by atoms with Crippen molar-refractivity contribution in [2.75, 3.05) is 0 Å². The van der Waals surface area contributed by atoms with E-state index in [1.54, 1.807) is 0 Å². The summed E-state index contributed by atoms with van der Waals surface area (Å²) >= 11 is 0. The van der Waals surface area contributed by atoms with Crippen LogP contribution in [0.3, 0.4) is 0 Å². The molecule has 0 atom stereocenters. The van der Waals surface area contributed by atoms with Gasteiger partial charge in [-0.05, 0) is 12.1 Å². The molecule has 0 saturated heterocycles. The molecule has 0 bridgehead atoms. The number of primary amides is 2. The van der Waals surface area contributed by atoms with Crippen molar-refractivity contribution in [1.29, 1.82) is 0 Å². The average molecular weight is 242 g/mol. The van der Waals surface area contributed by atoms with Gasteiger partial charge < -0.3 is 11.5 Å². The number of hydrogen-bond donors (Lipinski definition) is 2. The van der Waals surface area contributed by atoms with Crippen LogP contribution in [0, 0.1) is 11.6 Å². The molecule has 6 heteroatoms. The van der Waals surface area contributed by atoms with Gasteiger partial charge in [0.1, 0.15) is 11.6 Å². The summed E-state index contributed by atoms with van der Waals surface area (Å²) in [6, 6.07) is 3.29. The van der Waals surface area contributed by atoms with Gasteiger partial charge in [0.2, 0.25) is 11.8 Å². The molecule has 92 valence electrons. The van der Waals surface area contributed by atoms with Crippen molar-refractivity contribution in [2.45, 2.75) is 18.8 Å². The van der Waals surface area contributed by atoms with E-state index in [0.717, 1.165) is 12.1 Å². The molecule has 4 N–H and O–H groups in total. The maximum absolute atomic E-state index is 13.5. The van der Waals surface area contributed by atoms with E-state index in [1.165, 1.54) is 6.07 Å². The van der Waals surface area contributed by atoms with E-state index in [0.29, 0.717) is 0 Å². The molecule has 0 radical (unpaired) electrons. The van der Waals surface area contributed by atoms with Gasteiger partial charge in [0.15, 0.2) is 0 Å². The number of nitrogens with two attached hydrogens (primary N) is 2.